The molecule has 1 saturated heterocycles. The van der Waals surface area contributed by atoms with E-state index in [2.05, 4.69) is 20.2 Å². The number of carbonyl (C=O) groups excluding carboxylic acids is 1. The molecule has 1 fully saturated rings. The molecule has 1 aliphatic rings. The summed E-state index contributed by atoms with van der Waals surface area (Å²) >= 11 is 1.64. The Morgan fingerprint density at radius 1 is 1.48 bits per heavy atom. The lowest BCUT2D eigenvalue weighted by molar-refractivity contribution is -0.120. The molecule has 23 heavy (non-hydrogen) atoms. The first-order valence-electron chi connectivity index (χ1n) is 8.21. The van der Waals surface area contributed by atoms with Gasteiger partial charge < -0.3 is 10.3 Å². The number of likely N-dealkylation sites (tertiary alicyclic amines) is 1. The van der Waals surface area contributed by atoms with Gasteiger partial charge in [-0.05, 0) is 50.2 Å². The highest BCUT2D eigenvalue weighted by Gasteiger charge is 2.20. The zero-order valence-corrected chi connectivity index (χ0v) is 14.4. The molecule has 0 aliphatic carbocycles. The zero-order valence-electron chi connectivity index (χ0n) is 13.5. The number of thiophene rings is 1. The highest BCUT2D eigenvalue weighted by atomic mass is 32.1. The van der Waals surface area contributed by atoms with Crippen molar-refractivity contribution >= 4 is 17.2 Å². The van der Waals surface area contributed by atoms with Crippen LogP contribution in [0.15, 0.2) is 23.7 Å². The molecule has 0 saturated carbocycles. The van der Waals surface area contributed by atoms with Crippen LogP contribution in [0.4, 0.5) is 0 Å². The van der Waals surface area contributed by atoms with Gasteiger partial charge in [-0.3, -0.25) is 9.69 Å². The maximum absolute atomic E-state index is 11.9. The molecule has 0 radical (unpaired) electrons. The van der Waals surface area contributed by atoms with Gasteiger partial charge in [0.05, 0.1) is 13.0 Å². The number of imidazole rings is 1. The molecular formula is C17H24N4OS. The number of H-pyrrole nitrogens is 1. The van der Waals surface area contributed by atoms with Crippen molar-refractivity contribution in [3.8, 4) is 0 Å². The van der Waals surface area contributed by atoms with Crippen LogP contribution >= 0.6 is 11.3 Å². The summed E-state index contributed by atoms with van der Waals surface area (Å²) in [5, 5.41) is 5.10. The highest BCUT2D eigenvalue weighted by molar-refractivity contribution is 7.10. The number of hydrogen-bond acceptors (Lipinski definition) is 4. The topological polar surface area (TPSA) is 61.0 Å². The lowest BCUT2D eigenvalue weighted by atomic mass is 9.96. The second-order valence-electron chi connectivity index (χ2n) is 6.29. The normalized spacial score (nSPS) is 16.6. The van der Waals surface area contributed by atoms with Crippen molar-refractivity contribution in [2.24, 2.45) is 5.92 Å². The second-order valence-corrected chi connectivity index (χ2v) is 7.32. The van der Waals surface area contributed by atoms with Crippen molar-refractivity contribution in [2.45, 2.75) is 32.7 Å². The van der Waals surface area contributed by atoms with Crippen LogP contribution < -0.4 is 5.32 Å². The average molecular weight is 332 g/mol. The predicted molar refractivity (Wildman–Crippen MR) is 92.4 cm³/mol. The summed E-state index contributed by atoms with van der Waals surface area (Å²) in [7, 11) is 0. The van der Waals surface area contributed by atoms with Gasteiger partial charge in [-0.1, -0.05) is 6.07 Å². The summed E-state index contributed by atoms with van der Waals surface area (Å²) in [5.74, 6) is 1.78. The number of piperidine rings is 1. The minimum atomic E-state index is 0.140. The van der Waals surface area contributed by atoms with E-state index in [0.717, 1.165) is 55.4 Å². The molecule has 0 atom stereocenters. The molecule has 2 N–H and O–H groups in total. The smallest absolute Gasteiger partial charge is 0.225 e. The molecule has 1 aliphatic heterocycles. The van der Waals surface area contributed by atoms with E-state index in [1.165, 1.54) is 0 Å². The first-order valence-corrected chi connectivity index (χ1v) is 9.09. The zero-order chi connectivity index (χ0) is 16.1. The first kappa shape index (κ1) is 16.2. The number of nitrogens with zero attached hydrogens (tertiary/aromatic N) is 2. The van der Waals surface area contributed by atoms with Crippen molar-refractivity contribution in [1.29, 1.82) is 0 Å². The maximum Gasteiger partial charge on any atom is 0.225 e. The Morgan fingerprint density at radius 2 is 2.30 bits per heavy atom. The van der Waals surface area contributed by atoms with E-state index >= 15 is 0 Å². The fourth-order valence-electron chi connectivity index (χ4n) is 3.00. The van der Waals surface area contributed by atoms with E-state index in [4.69, 9.17) is 0 Å². The van der Waals surface area contributed by atoms with Crippen molar-refractivity contribution in [1.82, 2.24) is 20.2 Å². The van der Waals surface area contributed by atoms with Gasteiger partial charge in [0.15, 0.2) is 0 Å². The minimum absolute atomic E-state index is 0.140. The van der Waals surface area contributed by atoms with Gasteiger partial charge in [-0.2, -0.15) is 0 Å². The molecule has 3 heterocycles. The fourth-order valence-corrected chi connectivity index (χ4v) is 3.70. The number of rotatable bonds is 6. The van der Waals surface area contributed by atoms with Crippen molar-refractivity contribution in [3.05, 3.63) is 40.1 Å². The number of hydrogen-bond donors (Lipinski definition) is 2. The molecule has 0 bridgehead atoms. The Kier molecular flexibility index (Phi) is 5.46. The Morgan fingerprint density at radius 3 is 2.96 bits per heavy atom. The van der Waals surface area contributed by atoms with Crippen LogP contribution in [0.3, 0.4) is 0 Å². The molecule has 2 aromatic rings. The number of aromatic amines is 1. The average Bonchev–Trinajstić information content (AvgIpc) is 3.18. The van der Waals surface area contributed by atoms with Crippen molar-refractivity contribution in [3.63, 3.8) is 0 Å². The SMILES string of the molecule is Cc1cnc(CN2CCC(CNC(=O)Cc3cccs3)CC2)[nH]1. The first-order chi connectivity index (χ1) is 11.2. The quantitative estimate of drug-likeness (QED) is 0.854. The van der Waals surface area contributed by atoms with Crippen LogP contribution in [0.2, 0.25) is 0 Å². The summed E-state index contributed by atoms with van der Waals surface area (Å²) < 4.78 is 0. The molecule has 3 rings (SSSR count). The minimum Gasteiger partial charge on any atom is -0.356 e. The van der Waals surface area contributed by atoms with Gasteiger partial charge in [-0.25, -0.2) is 4.98 Å². The van der Waals surface area contributed by atoms with Crippen LogP contribution in [0, 0.1) is 12.8 Å². The van der Waals surface area contributed by atoms with E-state index in [1.807, 2.05) is 30.6 Å². The molecule has 0 aromatic carbocycles. The third-order valence-electron chi connectivity index (χ3n) is 4.34. The van der Waals surface area contributed by atoms with E-state index in [9.17, 15) is 4.79 Å². The third-order valence-corrected chi connectivity index (χ3v) is 5.22. The van der Waals surface area contributed by atoms with Gasteiger partial charge >= 0.3 is 0 Å². The van der Waals surface area contributed by atoms with Gasteiger partial charge in [0.1, 0.15) is 5.82 Å². The van der Waals surface area contributed by atoms with Crippen LogP contribution in [0.25, 0.3) is 0 Å². The van der Waals surface area contributed by atoms with E-state index in [1.54, 1.807) is 11.3 Å². The van der Waals surface area contributed by atoms with Gasteiger partial charge in [0.25, 0.3) is 0 Å². The monoisotopic (exact) mass is 332 g/mol. The summed E-state index contributed by atoms with van der Waals surface area (Å²) in [6.45, 7) is 5.88. The van der Waals surface area contributed by atoms with Crippen molar-refractivity contribution < 1.29 is 4.79 Å². The molecule has 0 unspecified atom stereocenters. The van der Waals surface area contributed by atoms with Gasteiger partial charge in [0, 0.05) is 23.3 Å². The Balaban J connectivity index is 1.35. The number of aromatic nitrogens is 2. The third kappa shape index (κ3) is 4.91. The summed E-state index contributed by atoms with van der Waals surface area (Å²) in [5.41, 5.74) is 1.11. The fraction of sp³-hybridized carbons (Fsp3) is 0.529. The van der Waals surface area contributed by atoms with Crippen LogP contribution in [0.1, 0.15) is 29.2 Å². The van der Waals surface area contributed by atoms with E-state index in [0.29, 0.717) is 12.3 Å². The summed E-state index contributed by atoms with van der Waals surface area (Å²) in [6.07, 6.45) is 4.66. The van der Waals surface area contributed by atoms with Gasteiger partial charge in [-0.15, -0.1) is 11.3 Å². The number of amides is 1. The summed E-state index contributed by atoms with van der Waals surface area (Å²) in [4.78, 5) is 23.2. The molecule has 6 heteroatoms. The lowest BCUT2D eigenvalue weighted by Crippen LogP contribution is -2.38. The molecule has 1 amide bonds. The molecule has 124 valence electrons. The standard InChI is InChI=1S/C17H24N4OS/c1-13-10-18-16(20-13)12-21-6-4-14(5-7-21)11-19-17(22)9-15-3-2-8-23-15/h2-3,8,10,14H,4-7,9,11-12H2,1H3,(H,18,20)(H,19,22). The maximum atomic E-state index is 11.9. The molecule has 2 aromatic heterocycles. The van der Waals surface area contributed by atoms with E-state index in [-0.39, 0.29) is 5.91 Å². The number of nitrogens with one attached hydrogen (secondary N) is 2. The molecular weight excluding hydrogens is 308 g/mol. The van der Waals surface area contributed by atoms with Crippen LogP contribution in [-0.2, 0) is 17.8 Å². The Hall–Kier alpha value is -1.66. The van der Waals surface area contributed by atoms with E-state index < -0.39 is 0 Å². The number of aryl methyl sites for hydroxylation is 1. The van der Waals surface area contributed by atoms with Crippen molar-refractivity contribution in [2.75, 3.05) is 19.6 Å². The number of carbonyl (C=O) groups is 1. The summed E-state index contributed by atoms with van der Waals surface area (Å²) in [6, 6.07) is 4.00. The highest BCUT2D eigenvalue weighted by Crippen LogP contribution is 2.18. The molecule has 0 spiro atoms. The largest absolute Gasteiger partial charge is 0.356 e. The molecule has 5 nitrogen and oxygen atoms in total. The second kappa shape index (κ2) is 7.75. The predicted octanol–water partition coefficient (Wildman–Crippen LogP) is 2.35. The van der Waals surface area contributed by atoms with Crippen LogP contribution in [0.5, 0.6) is 0 Å². The Bertz CT molecular complexity index is 614. The lowest BCUT2D eigenvalue weighted by Gasteiger charge is -2.31. The van der Waals surface area contributed by atoms with Crippen LogP contribution in [-0.4, -0.2) is 40.4 Å². The Labute approximate surface area is 141 Å². The van der Waals surface area contributed by atoms with Gasteiger partial charge in [0.2, 0.25) is 5.91 Å².